The van der Waals surface area contributed by atoms with Crippen molar-refractivity contribution in [3.63, 3.8) is 0 Å². The van der Waals surface area contributed by atoms with Crippen molar-refractivity contribution in [2.24, 2.45) is 0 Å². The number of carbonyl (C=O) groups is 2. The number of hydrogen-bond acceptors (Lipinski definition) is 9. The number of halogens is 1. The first-order valence-electron chi connectivity index (χ1n) is 19.4. The first-order valence-corrected chi connectivity index (χ1v) is 19.4. The number of benzene rings is 2. The van der Waals surface area contributed by atoms with Gasteiger partial charge in [-0.1, -0.05) is 31.2 Å². The van der Waals surface area contributed by atoms with Crippen molar-refractivity contribution in [1.29, 1.82) is 0 Å². The number of nitrogens with one attached hydrogen (secondary N) is 4. The molecule has 2 aliphatic heterocycles. The Morgan fingerprint density at radius 3 is 2.64 bits per heavy atom. The van der Waals surface area contributed by atoms with Crippen molar-refractivity contribution in [2.45, 2.75) is 78.3 Å². The predicted molar refractivity (Wildman–Crippen MR) is 211 cm³/mol. The maximum Gasteiger partial charge on any atom is 0.270 e. The lowest BCUT2D eigenvalue weighted by Crippen LogP contribution is -2.48. The van der Waals surface area contributed by atoms with Gasteiger partial charge in [0, 0.05) is 99.7 Å². The van der Waals surface area contributed by atoms with Crippen LogP contribution in [0, 0.1) is 5.82 Å². The number of piperazine rings is 1. The van der Waals surface area contributed by atoms with Crippen molar-refractivity contribution in [3.8, 4) is 11.1 Å². The third kappa shape index (κ3) is 9.01. The van der Waals surface area contributed by atoms with E-state index in [2.05, 4.69) is 49.2 Å². The van der Waals surface area contributed by atoms with Gasteiger partial charge in [0.25, 0.3) is 11.8 Å². The second-order valence-corrected chi connectivity index (χ2v) is 14.4. The zero-order valence-electron chi connectivity index (χ0n) is 31.8. The van der Waals surface area contributed by atoms with E-state index in [1.54, 1.807) is 18.2 Å². The summed E-state index contributed by atoms with van der Waals surface area (Å²) < 4.78 is 22.6. The SMILES string of the molecule is CCc1nc2c(cnn2CC)c(NC2CCOCC2)c1CNC(=O)c1cc(C(=O)NCc2ccc(F)c(-c3cccc(CN4CCN[C@@H](C)C4)c3)c2)ccn1. The molecule has 2 aromatic carbocycles. The average molecular weight is 748 g/mol. The van der Waals surface area contributed by atoms with Gasteiger partial charge in [-0.2, -0.15) is 5.10 Å². The van der Waals surface area contributed by atoms with Gasteiger partial charge in [-0.15, -0.1) is 0 Å². The van der Waals surface area contributed by atoms with Gasteiger partial charge in [0.15, 0.2) is 5.65 Å². The average Bonchev–Trinajstić information content (AvgIpc) is 3.63. The molecule has 5 heterocycles. The quantitative estimate of drug-likeness (QED) is 0.124. The monoisotopic (exact) mass is 747 g/mol. The van der Waals surface area contributed by atoms with Crippen LogP contribution in [0.15, 0.2) is 67.0 Å². The Kier molecular flexibility index (Phi) is 12.1. The summed E-state index contributed by atoms with van der Waals surface area (Å²) in [5, 5.41) is 18.6. The summed E-state index contributed by atoms with van der Waals surface area (Å²) in [5.74, 6) is -1.10. The third-order valence-electron chi connectivity index (χ3n) is 10.4. The molecule has 3 aromatic heterocycles. The fourth-order valence-electron chi connectivity index (χ4n) is 7.49. The highest BCUT2D eigenvalue weighted by molar-refractivity contribution is 5.98. The normalized spacial score (nSPS) is 16.6. The molecule has 288 valence electrons. The van der Waals surface area contributed by atoms with Gasteiger partial charge in [-0.05, 0) is 80.1 Å². The van der Waals surface area contributed by atoms with E-state index in [1.807, 2.05) is 42.9 Å². The molecule has 5 aromatic rings. The molecular formula is C42H50FN9O3. The molecule has 13 heteroatoms. The van der Waals surface area contributed by atoms with Crippen LogP contribution >= 0.6 is 0 Å². The van der Waals surface area contributed by atoms with Crippen LogP contribution < -0.4 is 21.3 Å². The van der Waals surface area contributed by atoms with Gasteiger partial charge in [-0.3, -0.25) is 19.5 Å². The van der Waals surface area contributed by atoms with Gasteiger partial charge < -0.3 is 26.0 Å². The second kappa shape index (κ2) is 17.5. The van der Waals surface area contributed by atoms with Gasteiger partial charge in [0.05, 0.1) is 17.3 Å². The molecule has 0 aliphatic carbocycles. The van der Waals surface area contributed by atoms with E-state index in [4.69, 9.17) is 9.72 Å². The van der Waals surface area contributed by atoms with Crippen LogP contribution in [0.4, 0.5) is 10.1 Å². The molecule has 0 radical (unpaired) electrons. The van der Waals surface area contributed by atoms with Crippen molar-refractivity contribution in [1.82, 2.24) is 40.6 Å². The summed E-state index contributed by atoms with van der Waals surface area (Å²) >= 11 is 0. The van der Waals surface area contributed by atoms with Crippen molar-refractivity contribution < 1.29 is 18.7 Å². The number of rotatable bonds is 13. The number of aromatic nitrogens is 4. The lowest BCUT2D eigenvalue weighted by Gasteiger charge is -2.31. The Balaban J connectivity index is 1.02. The standard InChI is InChI=1S/C42H50FN9O3/c1-4-37-34(39(49-32-12-17-55-18-13-32)35-24-48-52(5-2)40(35)50-37)23-47-42(54)38-21-31(11-14-45-38)41(53)46-22-28-9-10-36(43)33(20-28)30-8-6-7-29(19-30)26-51-16-15-44-27(3)25-51/h6-11,14,19-21,24,27,32,44H,4-5,12-13,15-18,22-23,25-26H2,1-3H3,(H,46,53)(H,47,54)(H,49,50)/t27-/m0/s1. The predicted octanol–water partition coefficient (Wildman–Crippen LogP) is 5.46. The van der Waals surface area contributed by atoms with Crippen LogP contribution in [0.1, 0.15) is 76.8 Å². The summed E-state index contributed by atoms with van der Waals surface area (Å²) in [6, 6.07) is 16.6. The summed E-state index contributed by atoms with van der Waals surface area (Å²) in [7, 11) is 0. The molecule has 0 spiro atoms. The lowest BCUT2D eigenvalue weighted by atomic mass is 10.00. The zero-order valence-corrected chi connectivity index (χ0v) is 31.8. The molecule has 0 bridgehead atoms. The summed E-state index contributed by atoms with van der Waals surface area (Å²) in [6.45, 7) is 12.4. The number of pyridine rings is 2. The van der Waals surface area contributed by atoms with E-state index in [-0.39, 0.29) is 36.5 Å². The lowest BCUT2D eigenvalue weighted by molar-refractivity contribution is 0.0904. The molecular weight excluding hydrogens is 698 g/mol. The molecule has 2 aliphatic rings. The van der Waals surface area contributed by atoms with E-state index in [0.29, 0.717) is 43.3 Å². The minimum Gasteiger partial charge on any atom is -0.381 e. The van der Waals surface area contributed by atoms with Gasteiger partial charge in [-0.25, -0.2) is 14.1 Å². The summed E-state index contributed by atoms with van der Waals surface area (Å²) in [5.41, 5.74) is 7.09. The van der Waals surface area contributed by atoms with Crippen LogP contribution in [0.5, 0.6) is 0 Å². The van der Waals surface area contributed by atoms with Gasteiger partial charge >= 0.3 is 0 Å². The highest BCUT2D eigenvalue weighted by Crippen LogP contribution is 2.31. The minimum absolute atomic E-state index is 0.122. The summed E-state index contributed by atoms with van der Waals surface area (Å²) in [4.78, 5) is 38.5. The fourth-order valence-corrected chi connectivity index (χ4v) is 7.49. The molecule has 0 saturated carbocycles. The first kappa shape index (κ1) is 38.1. The summed E-state index contributed by atoms with van der Waals surface area (Å²) in [6.07, 6.45) is 5.72. The number of amides is 2. The molecule has 2 fully saturated rings. The highest BCUT2D eigenvalue weighted by Gasteiger charge is 2.23. The van der Waals surface area contributed by atoms with Crippen molar-refractivity contribution in [3.05, 3.63) is 106 Å². The minimum atomic E-state index is -0.407. The maximum atomic E-state index is 15.1. The second-order valence-electron chi connectivity index (χ2n) is 14.4. The molecule has 12 nitrogen and oxygen atoms in total. The number of anilines is 1. The first-order chi connectivity index (χ1) is 26.8. The van der Waals surface area contributed by atoms with Crippen LogP contribution in [0.3, 0.4) is 0 Å². The van der Waals surface area contributed by atoms with Gasteiger partial charge in [0.1, 0.15) is 11.5 Å². The van der Waals surface area contributed by atoms with Crippen molar-refractivity contribution in [2.75, 3.05) is 38.2 Å². The Bertz CT molecular complexity index is 2150. The van der Waals surface area contributed by atoms with Crippen LogP contribution in [-0.4, -0.2) is 81.4 Å². The molecule has 0 unspecified atom stereocenters. The molecule has 1 atom stereocenters. The van der Waals surface area contributed by atoms with E-state index in [1.165, 1.54) is 18.3 Å². The number of nitrogens with zero attached hydrogens (tertiary/aromatic N) is 5. The number of carbonyl (C=O) groups excluding carboxylic acids is 2. The maximum absolute atomic E-state index is 15.1. The molecule has 55 heavy (non-hydrogen) atoms. The molecule has 2 saturated heterocycles. The number of hydrogen-bond donors (Lipinski definition) is 4. The Hall–Kier alpha value is -5.24. The highest BCUT2D eigenvalue weighted by atomic mass is 19.1. The van der Waals surface area contributed by atoms with E-state index >= 15 is 4.39 Å². The van der Waals surface area contributed by atoms with Crippen LogP contribution in [0.2, 0.25) is 0 Å². The molecule has 7 rings (SSSR count). The molecule has 2 amide bonds. The number of ether oxygens (including phenoxy) is 1. The number of aryl methyl sites for hydroxylation is 2. The topological polar surface area (TPSA) is 138 Å². The van der Waals surface area contributed by atoms with Crippen LogP contribution in [-0.2, 0) is 37.3 Å². The number of fused-ring (bicyclic) bond motifs is 1. The van der Waals surface area contributed by atoms with E-state index in [9.17, 15) is 9.59 Å². The fraction of sp³-hybridized carbons (Fsp3) is 0.405. The van der Waals surface area contributed by atoms with E-state index in [0.717, 1.165) is 83.7 Å². The van der Waals surface area contributed by atoms with Crippen molar-refractivity contribution >= 4 is 28.5 Å². The Labute approximate surface area is 321 Å². The third-order valence-corrected chi connectivity index (χ3v) is 10.4. The zero-order chi connectivity index (χ0) is 38.3. The molecule has 4 N–H and O–H groups in total. The Morgan fingerprint density at radius 2 is 1.84 bits per heavy atom. The van der Waals surface area contributed by atoms with Gasteiger partial charge in [0.2, 0.25) is 0 Å². The van der Waals surface area contributed by atoms with Crippen LogP contribution in [0.25, 0.3) is 22.2 Å². The smallest absolute Gasteiger partial charge is 0.270 e. The van der Waals surface area contributed by atoms with E-state index < -0.39 is 5.91 Å². The largest absolute Gasteiger partial charge is 0.381 e. The Morgan fingerprint density at radius 1 is 1.00 bits per heavy atom.